The third-order valence-corrected chi connectivity index (χ3v) is 2.88. The standard InChI is InChI=1S/C14H12O6S.C2H6/c15-12-5-3-10(4-6-12)1-2-11-7-13(16)9-14(8-11)20-21(17,18)19;1-2/h1-9,15-16H,(H,17,18,19);1-2H3/b2-1+;. The molecule has 7 heteroatoms. The molecule has 0 unspecified atom stereocenters. The fourth-order valence-electron chi connectivity index (χ4n) is 1.65. The average molecular weight is 338 g/mol. The van der Waals surface area contributed by atoms with E-state index < -0.39 is 10.4 Å². The zero-order chi connectivity index (χ0) is 17.5. The Bertz CT molecular complexity index is 764. The number of benzene rings is 2. The molecule has 3 N–H and O–H groups in total. The van der Waals surface area contributed by atoms with Crippen LogP contribution in [0.5, 0.6) is 17.2 Å². The third-order valence-electron chi connectivity index (χ3n) is 2.48. The fraction of sp³-hybridized carbons (Fsp3) is 0.125. The highest BCUT2D eigenvalue weighted by Crippen LogP contribution is 2.24. The van der Waals surface area contributed by atoms with Crippen LogP contribution in [-0.4, -0.2) is 23.2 Å². The van der Waals surface area contributed by atoms with Gasteiger partial charge in [-0.25, -0.2) is 0 Å². The molecule has 0 saturated heterocycles. The number of hydrogen-bond acceptors (Lipinski definition) is 5. The second-order valence-corrected chi connectivity index (χ2v) is 5.22. The predicted molar refractivity (Wildman–Crippen MR) is 88.7 cm³/mol. The molecule has 124 valence electrons. The Morgan fingerprint density at radius 2 is 1.43 bits per heavy atom. The zero-order valence-electron chi connectivity index (χ0n) is 12.7. The quantitative estimate of drug-likeness (QED) is 0.582. The van der Waals surface area contributed by atoms with E-state index >= 15 is 0 Å². The summed E-state index contributed by atoms with van der Waals surface area (Å²) in [5.74, 6) is -0.266. The van der Waals surface area contributed by atoms with Gasteiger partial charge in [0.1, 0.15) is 17.2 Å². The van der Waals surface area contributed by atoms with Crippen LogP contribution in [0.15, 0.2) is 42.5 Å². The number of hydrogen-bond donors (Lipinski definition) is 3. The first-order chi connectivity index (χ1) is 10.8. The van der Waals surface area contributed by atoms with Gasteiger partial charge in [0.2, 0.25) is 0 Å². The molecule has 0 bridgehead atoms. The van der Waals surface area contributed by atoms with Gasteiger partial charge in [0.15, 0.2) is 0 Å². The lowest BCUT2D eigenvalue weighted by Gasteiger charge is -2.04. The summed E-state index contributed by atoms with van der Waals surface area (Å²) in [5.41, 5.74) is 1.27. The lowest BCUT2D eigenvalue weighted by atomic mass is 10.1. The summed E-state index contributed by atoms with van der Waals surface area (Å²) in [6.45, 7) is 4.00. The van der Waals surface area contributed by atoms with Gasteiger partial charge in [-0.1, -0.05) is 38.1 Å². The Morgan fingerprint density at radius 1 is 0.870 bits per heavy atom. The molecule has 0 aromatic heterocycles. The molecule has 0 spiro atoms. The van der Waals surface area contributed by atoms with Gasteiger partial charge in [-0.15, -0.1) is 0 Å². The number of rotatable bonds is 4. The molecule has 0 aliphatic carbocycles. The van der Waals surface area contributed by atoms with Gasteiger partial charge in [-0.2, -0.15) is 8.42 Å². The van der Waals surface area contributed by atoms with Gasteiger partial charge in [-0.05, 0) is 35.4 Å². The van der Waals surface area contributed by atoms with Crippen LogP contribution >= 0.6 is 0 Å². The molecule has 23 heavy (non-hydrogen) atoms. The minimum absolute atomic E-state index is 0.147. The summed E-state index contributed by atoms with van der Waals surface area (Å²) in [5, 5.41) is 18.7. The van der Waals surface area contributed by atoms with Crippen molar-refractivity contribution >= 4 is 22.6 Å². The van der Waals surface area contributed by atoms with E-state index in [0.29, 0.717) is 5.56 Å². The van der Waals surface area contributed by atoms with Crippen molar-refractivity contribution in [1.29, 1.82) is 0 Å². The first-order valence-corrected chi connectivity index (χ1v) is 8.16. The Hall–Kier alpha value is -2.51. The molecule has 0 saturated carbocycles. The summed E-state index contributed by atoms with van der Waals surface area (Å²) in [4.78, 5) is 0. The molecule has 0 aliphatic rings. The van der Waals surface area contributed by atoms with E-state index in [2.05, 4.69) is 4.18 Å². The summed E-state index contributed by atoms with van der Waals surface area (Å²) in [6.07, 6.45) is 3.31. The van der Waals surface area contributed by atoms with Crippen molar-refractivity contribution in [3.8, 4) is 17.2 Å². The average Bonchev–Trinajstić information content (AvgIpc) is 2.46. The highest BCUT2D eigenvalue weighted by Gasteiger charge is 2.08. The predicted octanol–water partition coefficient (Wildman–Crippen LogP) is 3.48. The lowest BCUT2D eigenvalue weighted by molar-refractivity contribution is 0.385. The lowest BCUT2D eigenvalue weighted by Crippen LogP contribution is -2.06. The molecule has 6 nitrogen and oxygen atoms in total. The highest BCUT2D eigenvalue weighted by atomic mass is 32.3. The second-order valence-electron chi connectivity index (χ2n) is 4.20. The SMILES string of the molecule is CC.O=S(=O)(O)Oc1cc(O)cc(/C=C/c2ccc(O)cc2)c1. The maximum absolute atomic E-state index is 10.6. The minimum Gasteiger partial charge on any atom is -0.508 e. The Morgan fingerprint density at radius 3 is 2.00 bits per heavy atom. The second kappa shape index (κ2) is 8.21. The van der Waals surface area contributed by atoms with E-state index in [1.165, 1.54) is 24.3 Å². The van der Waals surface area contributed by atoms with Crippen LogP contribution in [0.4, 0.5) is 0 Å². The van der Waals surface area contributed by atoms with Crippen LogP contribution in [0, 0.1) is 0 Å². The van der Waals surface area contributed by atoms with Crippen molar-refractivity contribution in [2.75, 3.05) is 0 Å². The maximum Gasteiger partial charge on any atom is 0.446 e. The highest BCUT2D eigenvalue weighted by molar-refractivity contribution is 7.81. The van der Waals surface area contributed by atoms with E-state index in [0.717, 1.165) is 11.6 Å². The summed E-state index contributed by atoms with van der Waals surface area (Å²) >= 11 is 0. The smallest absolute Gasteiger partial charge is 0.446 e. The molecule has 2 aromatic rings. The van der Waals surface area contributed by atoms with Crippen molar-refractivity contribution in [3.05, 3.63) is 53.6 Å². The topological polar surface area (TPSA) is 104 Å². The van der Waals surface area contributed by atoms with Crippen LogP contribution in [-0.2, 0) is 10.4 Å². The summed E-state index contributed by atoms with van der Waals surface area (Å²) in [6, 6.07) is 10.2. The number of aromatic hydroxyl groups is 2. The van der Waals surface area contributed by atoms with Gasteiger partial charge >= 0.3 is 10.4 Å². The van der Waals surface area contributed by atoms with Crippen LogP contribution in [0.3, 0.4) is 0 Å². The van der Waals surface area contributed by atoms with E-state index in [-0.39, 0.29) is 17.2 Å². The van der Waals surface area contributed by atoms with Crippen LogP contribution in [0.1, 0.15) is 25.0 Å². The van der Waals surface area contributed by atoms with Crippen molar-refractivity contribution < 1.29 is 27.4 Å². The molecule has 0 atom stereocenters. The molecule has 0 amide bonds. The van der Waals surface area contributed by atoms with Crippen molar-refractivity contribution in [1.82, 2.24) is 0 Å². The molecule has 2 aromatic carbocycles. The van der Waals surface area contributed by atoms with Gasteiger partial charge in [-0.3, -0.25) is 4.55 Å². The van der Waals surface area contributed by atoms with Crippen LogP contribution in [0.25, 0.3) is 12.2 Å². The van der Waals surface area contributed by atoms with Crippen LogP contribution in [0.2, 0.25) is 0 Å². The molecular formula is C16H18O6S. The first kappa shape index (κ1) is 18.5. The molecule has 0 heterocycles. The van der Waals surface area contributed by atoms with Gasteiger partial charge < -0.3 is 14.4 Å². The Kier molecular flexibility index (Phi) is 6.62. The minimum atomic E-state index is -4.65. The van der Waals surface area contributed by atoms with Gasteiger partial charge in [0, 0.05) is 6.07 Å². The van der Waals surface area contributed by atoms with Crippen molar-refractivity contribution in [2.24, 2.45) is 0 Å². The van der Waals surface area contributed by atoms with E-state index in [4.69, 9.17) is 9.66 Å². The fourth-order valence-corrected chi connectivity index (χ4v) is 1.99. The molecule has 2 rings (SSSR count). The Balaban J connectivity index is 0.00000127. The van der Waals surface area contributed by atoms with Crippen LogP contribution < -0.4 is 4.18 Å². The van der Waals surface area contributed by atoms with E-state index in [1.807, 2.05) is 13.8 Å². The molecule has 0 aliphatic heterocycles. The Labute approximate surface area is 135 Å². The first-order valence-electron chi connectivity index (χ1n) is 6.80. The van der Waals surface area contributed by atoms with E-state index in [9.17, 15) is 13.5 Å². The molecule has 0 fully saturated rings. The molecule has 0 radical (unpaired) electrons. The van der Waals surface area contributed by atoms with Gasteiger partial charge in [0.05, 0.1) is 0 Å². The van der Waals surface area contributed by atoms with Crippen molar-refractivity contribution in [3.63, 3.8) is 0 Å². The van der Waals surface area contributed by atoms with E-state index in [1.54, 1.807) is 24.3 Å². The monoisotopic (exact) mass is 338 g/mol. The van der Waals surface area contributed by atoms with Gasteiger partial charge in [0.25, 0.3) is 0 Å². The number of phenols is 2. The normalized spacial score (nSPS) is 10.9. The largest absolute Gasteiger partial charge is 0.508 e. The summed E-state index contributed by atoms with van der Waals surface area (Å²) in [7, 11) is -4.65. The third kappa shape index (κ3) is 6.86. The summed E-state index contributed by atoms with van der Waals surface area (Å²) < 4.78 is 34.2. The zero-order valence-corrected chi connectivity index (χ0v) is 13.5. The maximum atomic E-state index is 10.6. The van der Waals surface area contributed by atoms with Crippen molar-refractivity contribution in [2.45, 2.75) is 13.8 Å². The molecular weight excluding hydrogens is 320 g/mol. The number of phenolic OH excluding ortho intramolecular Hbond substituents is 2.